The highest BCUT2D eigenvalue weighted by Gasteiger charge is 2.43. The minimum Gasteiger partial charge on any atom is -0.495 e. The largest absolute Gasteiger partial charge is 0.495 e. The zero-order valence-electron chi connectivity index (χ0n) is 8.49. The van der Waals surface area contributed by atoms with Gasteiger partial charge in [0.25, 0.3) is 0 Å². The Hall–Kier alpha value is -1.09. The minimum absolute atomic E-state index is 0.316. The number of ether oxygens (including phenoxy) is 1. The predicted molar refractivity (Wildman–Crippen MR) is 55.4 cm³/mol. The fourth-order valence-corrected chi connectivity index (χ4v) is 1.93. The van der Waals surface area contributed by atoms with Crippen molar-refractivity contribution >= 4 is 0 Å². The maximum absolute atomic E-state index is 5.61. The molecule has 1 aromatic rings. The molecular weight excluding hydrogens is 176 g/mol. The molecule has 1 saturated carbocycles. The van der Waals surface area contributed by atoms with Gasteiger partial charge in [0, 0.05) is 6.20 Å². The van der Waals surface area contributed by atoms with E-state index in [1.807, 2.05) is 6.20 Å². The molecule has 0 atom stereocenters. The Labute approximate surface area is 84.3 Å². The van der Waals surface area contributed by atoms with Gasteiger partial charge in [0.15, 0.2) is 0 Å². The number of aromatic nitrogens is 1. The zero-order chi connectivity index (χ0) is 10.0. The summed E-state index contributed by atoms with van der Waals surface area (Å²) in [5.74, 6) is 0.839. The summed E-state index contributed by atoms with van der Waals surface area (Å²) in [6.45, 7) is 0.747. The lowest BCUT2D eigenvalue weighted by Crippen LogP contribution is -2.13. The van der Waals surface area contributed by atoms with Crippen LogP contribution in [-0.2, 0) is 5.41 Å². The Kier molecular flexibility index (Phi) is 2.42. The van der Waals surface area contributed by atoms with Crippen LogP contribution in [0.15, 0.2) is 18.5 Å². The van der Waals surface area contributed by atoms with Crippen LogP contribution in [0.1, 0.15) is 24.8 Å². The summed E-state index contributed by atoms with van der Waals surface area (Å²) >= 11 is 0. The lowest BCUT2D eigenvalue weighted by atomic mass is 9.94. The molecule has 1 aromatic heterocycles. The summed E-state index contributed by atoms with van der Waals surface area (Å²) in [6, 6.07) is 2.08. The second kappa shape index (κ2) is 3.58. The molecule has 1 heterocycles. The summed E-state index contributed by atoms with van der Waals surface area (Å²) in [5, 5.41) is 0. The van der Waals surface area contributed by atoms with Crippen LogP contribution >= 0.6 is 0 Å². The summed E-state index contributed by atoms with van der Waals surface area (Å²) in [4.78, 5) is 4.18. The van der Waals surface area contributed by atoms with E-state index in [4.69, 9.17) is 10.5 Å². The molecule has 1 aliphatic rings. The fourth-order valence-electron chi connectivity index (χ4n) is 1.93. The third kappa shape index (κ3) is 1.60. The molecule has 0 unspecified atom stereocenters. The van der Waals surface area contributed by atoms with Crippen molar-refractivity contribution in [3.8, 4) is 5.75 Å². The molecule has 76 valence electrons. The average molecular weight is 192 g/mol. The van der Waals surface area contributed by atoms with Gasteiger partial charge in [0.05, 0.1) is 13.3 Å². The number of hydrogen-bond acceptors (Lipinski definition) is 3. The highest BCUT2D eigenvalue weighted by molar-refractivity contribution is 5.34. The van der Waals surface area contributed by atoms with Gasteiger partial charge in [-0.25, -0.2) is 0 Å². The van der Waals surface area contributed by atoms with Crippen molar-refractivity contribution in [3.05, 3.63) is 24.0 Å². The van der Waals surface area contributed by atoms with E-state index in [9.17, 15) is 0 Å². The topological polar surface area (TPSA) is 48.1 Å². The molecule has 14 heavy (non-hydrogen) atoms. The van der Waals surface area contributed by atoms with Crippen LogP contribution in [-0.4, -0.2) is 18.6 Å². The SMILES string of the molecule is COc1cncc(C2(CCN)CC2)c1. The summed E-state index contributed by atoms with van der Waals surface area (Å²) < 4.78 is 5.16. The van der Waals surface area contributed by atoms with Gasteiger partial charge in [-0.05, 0) is 42.9 Å². The van der Waals surface area contributed by atoms with E-state index < -0.39 is 0 Å². The third-order valence-corrected chi connectivity index (χ3v) is 3.04. The van der Waals surface area contributed by atoms with Crippen LogP contribution in [0.25, 0.3) is 0 Å². The molecule has 0 saturated heterocycles. The van der Waals surface area contributed by atoms with Crippen LogP contribution in [0.3, 0.4) is 0 Å². The molecule has 0 bridgehead atoms. The molecule has 3 nitrogen and oxygen atoms in total. The zero-order valence-corrected chi connectivity index (χ0v) is 8.49. The number of pyridine rings is 1. The Bertz CT molecular complexity index is 321. The van der Waals surface area contributed by atoms with Gasteiger partial charge in [-0.15, -0.1) is 0 Å². The second-order valence-electron chi connectivity index (χ2n) is 3.93. The molecule has 3 heteroatoms. The number of hydrogen-bond donors (Lipinski definition) is 1. The van der Waals surface area contributed by atoms with E-state index in [-0.39, 0.29) is 0 Å². The van der Waals surface area contributed by atoms with Crippen LogP contribution in [0, 0.1) is 0 Å². The lowest BCUT2D eigenvalue weighted by molar-refractivity contribution is 0.411. The Morgan fingerprint density at radius 2 is 2.29 bits per heavy atom. The van der Waals surface area contributed by atoms with Gasteiger partial charge >= 0.3 is 0 Å². The Morgan fingerprint density at radius 3 is 2.86 bits per heavy atom. The third-order valence-electron chi connectivity index (χ3n) is 3.04. The minimum atomic E-state index is 0.316. The molecule has 2 N–H and O–H groups in total. The number of methoxy groups -OCH3 is 1. The van der Waals surface area contributed by atoms with E-state index in [1.165, 1.54) is 18.4 Å². The predicted octanol–water partition coefficient (Wildman–Crippen LogP) is 1.47. The van der Waals surface area contributed by atoms with Crippen LogP contribution < -0.4 is 10.5 Å². The van der Waals surface area contributed by atoms with Crippen LogP contribution in [0.4, 0.5) is 0 Å². The van der Waals surface area contributed by atoms with Gasteiger partial charge in [-0.2, -0.15) is 0 Å². The van der Waals surface area contributed by atoms with Crippen LogP contribution in [0.5, 0.6) is 5.75 Å². The van der Waals surface area contributed by atoms with E-state index in [1.54, 1.807) is 13.3 Å². The van der Waals surface area contributed by atoms with Gasteiger partial charge in [0.1, 0.15) is 5.75 Å². The average Bonchev–Trinajstić information content (AvgIpc) is 3.00. The first kappa shape index (κ1) is 9.46. The normalized spacial score (nSPS) is 17.9. The van der Waals surface area contributed by atoms with Crippen molar-refractivity contribution in [3.63, 3.8) is 0 Å². The van der Waals surface area contributed by atoms with Crippen molar-refractivity contribution in [2.75, 3.05) is 13.7 Å². The molecule has 0 aromatic carbocycles. The number of nitrogens with zero attached hydrogens (tertiary/aromatic N) is 1. The van der Waals surface area contributed by atoms with E-state index >= 15 is 0 Å². The van der Waals surface area contributed by atoms with E-state index in [0.29, 0.717) is 5.41 Å². The van der Waals surface area contributed by atoms with Crippen molar-refractivity contribution in [1.82, 2.24) is 4.98 Å². The number of rotatable bonds is 4. The first-order chi connectivity index (χ1) is 6.80. The summed E-state index contributed by atoms with van der Waals surface area (Å²) in [5.41, 5.74) is 7.21. The molecule has 0 aliphatic heterocycles. The smallest absolute Gasteiger partial charge is 0.137 e. The van der Waals surface area contributed by atoms with Crippen molar-refractivity contribution in [2.24, 2.45) is 5.73 Å². The van der Waals surface area contributed by atoms with Crippen LogP contribution in [0.2, 0.25) is 0 Å². The van der Waals surface area contributed by atoms with E-state index in [0.717, 1.165) is 18.7 Å². The highest BCUT2D eigenvalue weighted by atomic mass is 16.5. The quantitative estimate of drug-likeness (QED) is 0.785. The van der Waals surface area contributed by atoms with Crippen molar-refractivity contribution < 1.29 is 4.74 Å². The Morgan fingerprint density at radius 1 is 1.50 bits per heavy atom. The molecule has 0 amide bonds. The van der Waals surface area contributed by atoms with Gasteiger partial charge in [0.2, 0.25) is 0 Å². The van der Waals surface area contributed by atoms with Gasteiger partial charge in [-0.1, -0.05) is 0 Å². The maximum atomic E-state index is 5.61. The monoisotopic (exact) mass is 192 g/mol. The lowest BCUT2D eigenvalue weighted by Gasteiger charge is -2.14. The number of nitrogens with two attached hydrogens (primary N) is 1. The Balaban J connectivity index is 2.23. The summed E-state index contributed by atoms with van der Waals surface area (Å²) in [6.07, 6.45) is 7.20. The fraction of sp³-hybridized carbons (Fsp3) is 0.545. The van der Waals surface area contributed by atoms with Crippen molar-refractivity contribution in [2.45, 2.75) is 24.7 Å². The summed E-state index contributed by atoms with van der Waals surface area (Å²) in [7, 11) is 1.67. The first-order valence-corrected chi connectivity index (χ1v) is 5.00. The maximum Gasteiger partial charge on any atom is 0.137 e. The standard InChI is InChI=1S/C11H16N2O/c1-14-10-6-9(7-13-8-10)11(2-3-11)4-5-12/h6-8H,2-5,12H2,1H3. The van der Waals surface area contributed by atoms with Crippen molar-refractivity contribution in [1.29, 1.82) is 0 Å². The molecule has 0 spiro atoms. The molecular formula is C11H16N2O. The molecule has 2 rings (SSSR count). The second-order valence-corrected chi connectivity index (χ2v) is 3.93. The highest BCUT2D eigenvalue weighted by Crippen LogP contribution is 2.50. The van der Waals surface area contributed by atoms with Gasteiger partial charge < -0.3 is 10.5 Å². The molecule has 0 radical (unpaired) electrons. The first-order valence-electron chi connectivity index (χ1n) is 5.00. The molecule has 1 fully saturated rings. The van der Waals surface area contributed by atoms with Gasteiger partial charge in [-0.3, -0.25) is 4.98 Å². The van der Waals surface area contributed by atoms with E-state index in [2.05, 4.69) is 11.1 Å². The molecule has 1 aliphatic carbocycles.